The molecule has 0 spiro atoms. The van der Waals surface area contributed by atoms with Crippen LogP contribution in [0.3, 0.4) is 0 Å². The van der Waals surface area contributed by atoms with Crippen LogP contribution in [0.2, 0.25) is 0 Å². The van der Waals surface area contributed by atoms with Crippen molar-refractivity contribution in [2.75, 3.05) is 12.9 Å². The molecule has 5 nitrogen and oxygen atoms in total. The Balaban J connectivity index is 2.39. The summed E-state index contributed by atoms with van der Waals surface area (Å²) in [6.07, 6.45) is 0. The van der Waals surface area contributed by atoms with E-state index in [0.29, 0.717) is 17.4 Å². The molecule has 0 bridgehead atoms. The van der Waals surface area contributed by atoms with Gasteiger partial charge in [0.05, 0.1) is 12.8 Å². The van der Waals surface area contributed by atoms with Crippen LogP contribution in [0.15, 0.2) is 18.2 Å². The van der Waals surface area contributed by atoms with Gasteiger partial charge in [-0.3, -0.25) is 4.79 Å². The fourth-order valence-corrected chi connectivity index (χ4v) is 1.90. The van der Waals surface area contributed by atoms with Gasteiger partial charge in [0, 0.05) is 17.6 Å². The number of hydrogen-bond acceptors (Lipinski definition) is 5. The van der Waals surface area contributed by atoms with Crippen LogP contribution in [0.25, 0.3) is 0 Å². The standard InChI is InChI=1S/C10H14N2O3S/c1-15-9-4-2-3-7(12-9)5-16-6-8(11)10(13)14/h2-4,8H,5-6,11H2,1H3,(H,13,14)/t8-/m0/s1. The molecular weight excluding hydrogens is 228 g/mol. The Morgan fingerprint density at radius 1 is 1.69 bits per heavy atom. The number of nitrogens with zero attached hydrogens (tertiary/aromatic N) is 1. The highest BCUT2D eigenvalue weighted by Gasteiger charge is 2.11. The molecule has 0 fully saturated rings. The van der Waals surface area contributed by atoms with Crippen molar-refractivity contribution in [3.05, 3.63) is 23.9 Å². The topological polar surface area (TPSA) is 85.4 Å². The van der Waals surface area contributed by atoms with Crippen molar-refractivity contribution in [1.82, 2.24) is 4.98 Å². The van der Waals surface area contributed by atoms with E-state index >= 15 is 0 Å². The Morgan fingerprint density at radius 2 is 2.44 bits per heavy atom. The molecular formula is C10H14N2O3S. The van der Waals surface area contributed by atoms with Crippen molar-refractivity contribution in [1.29, 1.82) is 0 Å². The Morgan fingerprint density at radius 3 is 3.06 bits per heavy atom. The van der Waals surface area contributed by atoms with Crippen molar-refractivity contribution in [3.63, 3.8) is 0 Å². The molecule has 16 heavy (non-hydrogen) atoms. The first kappa shape index (κ1) is 12.8. The van der Waals surface area contributed by atoms with Crippen LogP contribution in [0.1, 0.15) is 5.69 Å². The first-order valence-corrected chi connectivity index (χ1v) is 5.85. The van der Waals surface area contributed by atoms with Crippen LogP contribution < -0.4 is 10.5 Å². The quantitative estimate of drug-likeness (QED) is 0.765. The number of rotatable bonds is 6. The van der Waals surface area contributed by atoms with Gasteiger partial charge in [-0.25, -0.2) is 4.98 Å². The molecule has 0 unspecified atom stereocenters. The van der Waals surface area contributed by atoms with Crippen molar-refractivity contribution in [3.8, 4) is 5.88 Å². The van der Waals surface area contributed by atoms with Crippen LogP contribution in [-0.4, -0.2) is 35.0 Å². The first-order chi connectivity index (χ1) is 7.63. The SMILES string of the molecule is COc1cccc(CSC[C@H](N)C(=O)O)n1. The number of aliphatic carboxylic acids is 1. The van der Waals surface area contributed by atoms with Crippen molar-refractivity contribution < 1.29 is 14.6 Å². The predicted molar refractivity (Wildman–Crippen MR) is 62.6 cm³/mol. The zero-order valence-corrected chi connectivity index (χ0v) is 9.74. The summed E-state index contributed by atoms with van der Waals surface area (Å²) in [6, 6.07) is 4.65. The lowest BCUT2D eigenvalue weighted by molar-refractivity contribution is -0.137. The minimum Gasteiger partial charge on any atom is -0.481 e. The number of nitrogens with two attached hydrogens (primary N) is 1. The molecule has 1 atom stereocenters. The minimum atomic E-state index is -0.980. The third-order valence-electron chi connectivity index (χ3n) is 1.85. The highest BCUT2D eigenvalue weighted by Crippen LogP contribution is 2.14. The zero-order valence-electron chi connectivity index (χ0n) is 8.92. The number of pyridine rings is 1. The summed E-state index contributed by atoms with van der Waals surface area (Å²) >= 11 is 1.44. The van der Waals surface area contributed by atoms with Gasteiger partial charge in [-0.2, -0.15) is 11.8 Å². The third-order valence-corrected chi connectivity index (χ3v) is 2.95. The van der Waals surface area contributed by atoms with Crippen molar-refractivity contribution in [2.24, 2.45) is 5.73 Å². The summed E-state index contributed by atoms with van der Waals surface area (Å²) < 4.78 is 4.98. The predicted octanol–water partition coefficient (Wildman–Crippen LogP) is 0.735. The Labute approximate surface area is 98.0 Å². The van der Waals surface area contributed by atoms with E-state index in [4.69, 9.17) is 15.6 Å². The fourth-order valence-electron chi connectivity index (χ4n) is 1.01. The maximum absolute atomic E-state index is 10.5. The third kappa shape index (κ3) is 4.08. The van der Waals surface area contributed by atoms with Crippen LogP contribution in [-0.2, 0) is 10.5 Å². The molecule has 3 N–H and O–H groups in total. The van der Waals surface area contributed by atoms with Gasteiger partial charge in [-0.1, -0.05) is 6.07 Å². The van der Waals surface area contributed by atoms with Gasteiger partial charge < -0.3 is 15.6 Å². The molecule has 0 saturated heterocycles. The van der Waals surface area contributed by atoms with E-state index in [2.05, 4.69) is 4.98 Å². The second-order valence-corrected chi connectivity index (χ2v) is 4.16. The number of carbonyl (C=O) groups is 1. The summed E-state index contributed by atoms with van der Waals surface area (Å²) in [7, 11) is 1.56. The second-order valence-electron chi connectivity index (χ2n) is 3.13. The highest BCUT2D eigenvalue weighted by molar-refractivity contribution is 7.98. The molecule has 0 aromatic carbocycles. The molecule has 88 valence electrons. The monoisotopic (exact) mass is 242 g/mol. The molecule has 6 heteroatoms. The van der Waals surface area contributed by atoms with E-state index in [1.54, 1.807) is 13.2 Å². The summed E-state index contributed by atoms with van der Waals surface area (Å²) in [4.78, 5) is 14.7. The van der Waals surface area contributed by atoms with Gasteiger partial charge in [-0.15, -0.1) is 0 Å². The molecule has 0 saturated carbocycles. The summed E-state index contributed by atoms with van der Waals surface area (Å²) in [5.41, 5.74) is 6.22. The lowest BCUT2D eigenvalue weighted by atomic mass is 10.4. The molecule has 1 heterocycles. The Bertz CT molecular complexity index is 360. The van der Waals surface area contributed by atoms with E-state index in [0.717, 1.165) is 5.69 Å². The Kier molecular flexibility index (Phi) is 5.07. The summed E-state index contributed by atoms with van der Waals surface area (Å²) in [5.74, 6) is 0.568. The van der Waals surface area contributed by atoms with Crippen LogP contribution >= 0.6 is 11.8 Å². The lowest BCUT2D eigenvalue weighted by Gasteiger charge is -2.06. The number of aromatic nitrogens is 1. The van der Waals surface area contributed by atoms with E-state index in [9.17, 15) is 4.79 Å². The maximum Gasteiger partial charge on any atom is 0.321 e. The molecule has 0 amide bonds. The highest BCUT2D eigenvalue weighted by atomic mass is 32.2. The van der Waals surface area contributed by atoms with Gasteiger partial charge >= 0.3 is 5.97 Å². The van der Waals surface area contributed by atoms with Gasteiger partial charge in [-0.05, 0) is 6.07 Å². The number of ether oxygens (including phenoxy) is 1. The Hall–Kier alpha value is -1.27. The molecule has 0 aliphatic carbocycles. The van der Waals surface area contributed by atoms with E-state index < -0.39 is 12.0 Å². The summed E-state index contributed by atoms with van der Waals surface area (Å²) in [6.45, 7) is 0. The number of thioether (sulfide) groups is 1. The van der Waals surface area contributed by atoms with Crippen LogP contribution in [0.5, 0.6) is 5.88 Å². The van der Waals surface area contributed by atoms with E-state index in [-0.39, 0.29) is 0 Å². The molecule has 0 aliphatic heterocycles. The average Bonchev–Trinajstić information content (AvgIpc) is 2.29. The number of hydrogen-bond donors (Lipinski definition) is 2. The first-order valence-electron chi connectivity index (χ1n) is 4.69. The van der Waals surface area contributed by atoms with E-state index in [1.165, 1.54) is 11.8 Å². The van der Waals surface area contributed by atoms with Crippen LogP contribution in [0, 0.1) is 0 Å². The molecule has 1 aromatic heterocycles. The van der Waals surface area contributed by atoms with Crippen molar-refractivity contribution >= 4 is 17.7 Å². The van der Waals surface area contributed by atoms with Crippen LogP contribution in [0.4, 0.5) is 0 Å². The molecule has 1 rings (SSSR count). The van der Waals surface area contributed by atoms with Gasteiger partial charge in [0.2, 0.25) is 5.88 Å². The van der Waals surface area contributed by atoms with Gasteiger partial charge in [0.25, 0.3) is 0 Å². The zero-order chi connectivity index (χ0) is 12.0. The average molecular weight is 242 g/mol. The smallest absolute Gasteiger partial charge is 0.321 e. The number of carboxylic acid groups (broad SMARTS) is 1. The number of carboxylic acids is 1. The fraction of sp³-hybridized carbons (Fsp3) is 0.400. The van der Waals surface area contributed by atoms with Gasteiger partial charge in [0.15, 0.2) is 0 Å². The number of methoxy groups -OCH3 is 1. The largest absolute Gasteiger partial charge is 0.481 e. The normalized spacial score (nSPS) is 12.1. The minimum absolute atomic E-state index is 0.369. The maximum atomic E-state index is 10.5. The lowest BCUT2D eigenvalue weighted by Crippen LogP contribution is -2.32. The molecule has 0 radical (unpaired) electrons. The van der Waals surface area contributed by atoms with Gasteiger partial charge in [0.1, 0.15) is 6.04 Å². The second kappa shape index (κ2) is 6.34. The van der Waals surface area contributed by atoms with Crippen molar-refractivity contribution in [2.45, 2.75) is 11.8 Å². The van der Waals surface area contributed by atoms with E-state index in [1.807, 2.05) is 12.1 Å². The summed E-state index contributed by atoms with van der Waals surface area (Å²) in [5, 5.41) is 8.59. The molecule has 0 aliphatic rings. The molecule has 1 aromatic rings.